The summed E-state index contributed by atoms with van der Waals surface area (Å²) in [5, 5.41) is 18.2. The Kier molecular flexibility index (Phi) is 1.93. The van der Waals surface area contributed by atoms with Gasteiger partial charge in [0.25, 0.3) is 5.78 Å². The molecular formula is C10H7NO4. The number of H-pyrrole nitrogens is 1. The largest absolute Gasteiger partial charge is 0.508 e. The molecule has 1 aromatic heterocycles. The molecule has 0 fully saturated rings. The van der Waals surface area contributed by atoms with Crippen molar-refractivity contribution in [1.82, 2.24) is 4.98 Å². The van der Waals surface area contributed by atoms with Crippen LogP contribution in [0.4, 0.5) is 0 Å². The van der Waals surface area contributed by atoms with Crippen LogP contribution >= 0.6 is 0 Å². The van der Waals surface area contributed by atoms with Crippen molar-refractivity contribution in [3.63, 3.8) is 0 Å². The van der Waals surface area contributed by atoms with Gasteiger partial charge in [-0.3, -0.25) is 4.79 Å². The molecule has 0 unspecified atom stereocenters. The van der Waals surface area contributed by atoms with Gasteiger partial charge in [0.15, 0.2) is 0 Å². The molecule has 0 aliphatic heterocycles. The number of ketones is 1. The number of carboxylic acid groups (broad SMARTS) is 1. The predicted molar refractivity (Wildman–Crippen MR) is 51.9 cm³/mol. The number of phenols is 1. The van der Waals surface area contributed by atoms with Crippen LogP contribution in [-0.2, 0) is 4.79 Å². The molecule has 5 heteroatoms. The van der Waals surface area contributed by atoms with Crippen molar-refractivity contribution in [3.05, 3.63) is 30.0 Å². The number of hydrogen-bond donors (Lipinski definition) is 3. The number of hydrogen-bond acceptors (Lipinski definition) is 3. The number of carboxylic acids is 1. The number of nitrogens with one attached hydrogen (secondary N) is 1. The summed E-state index contributed by atoms with van der Waals surface area (Å²) in [7, 11) is 0. The second-order valence-corrected chi connectivity index (χ2v) is 3.07. The molecule has 1 heterocycles. The molecule has 0 saturated heterocycles. The highest BCUT2D eigenvalue weighted by molar-refractivity contribution is 6.42. The minimum Gasteiger partial charge on any atom is -0.508 e. The lowest BCUT2D eigenvalue weighted by Gasteiger charge is -1.94. The molecule has 0 aliphatic rings. The summed E-state index contributed by atoms with van der Waals surface area (Å²) in [6.45, 7) is 0. The maximum absolute atomic E-state index is 11.2. The third kappa shape index (κ3) is 1.43. The Morgan fingerprint density at radius 2 is 2.00 bits per heavy atom. The van der Waals surface area contributed by atoms with Crippen molar-refractivity contribution in [2.45, 2.75) is 0 Å². The number of fused-ring (bicyclic) bond motifs is 1. The Bertz CT molecular complexity index is 556. The zero-order valence-electron chi connectivity index (χ0n) is 7.52. The molecule has 15 heavy (non-hydrogen) atoms. The van der Waals surface area contributed by atoms with Crippen LogP contribution in [0.2, 0.25) is 0 Å². The van der Waals surface area contributed by atoms with Crippen LogP contribution in [0.5, 0.6) is 5.75 Å². The van der Waals surface area contributed by atoms with Gasteiger partial charge in [0.2, 0.25) is 0 Å². The fourth-order valence-corrected chi connectivity index (χ4v) is 1.42. The molecule has 5 nitrogen and oxygen atoms in total. The summed E-state index contributed by atoms with van der Waals surface area (Å²) in [5.74, 6) is -2.41. The number of carbonyl (C=O) groups is 2. The first-order chi connectivity index (χ1) is 7.09. The summed E-state index contributed by atoms with van der Waals surface area (Å²) in [6.07, 6.45) is 1.32. The minimum absolute atomic E-state index is 0.0543. The second-order valence-electron chi connectivity index (χ2n) is 3.07. The standard InChI is InChI=1S/C10H7NO4/c12-5-1-2-6-7(9(13)10(14)15)4-11-8(6)3-5/h1-4,11-12H,(H,14,15). The molecule has 2 aromatic rings. The van der Waals surface area contributed by atoms with Crippen LogP contribution in [-0.4, -0.2) is 26.9 Å². The Labute approximate surface area is 84.0 Å². The topological polar surface area (TPSA) is 90.4 Å². The van der Waals surface area contributed by atoms with Gasteiger partial charge in [-0.1, -0.05) is 0 Å². The number of aliphatic carboxylic acids is 1. The zero-order chi connectivity index (χ0) is 11.0. The van der Waals surface area contributed by atoms with E-state index in [1.807, 2.05) is 0 Å². The van der Waals surface area contributed by atoms with Crippen molar-refractivity contribution in [2.75, 3.05) is 0 Å². The normalized spacial score (nSPS) is 10.4. The first kappa shape index (κ1) is 9.26. The number of aromatic amines is 1. The first-order valence-electron chi connectivity index (χ1n) is 4.17. The third-order valence-corrected chi connectivity index (χ3v) is 2.10. The van der Waals surface area contributed by atoms with Crippen molar-refractivity contribution >= 4 is 22.7 Å². The van der Waals surface area contributed by atoms with Crippen LogP contribution in [0.1, 0.15) is 10.4 Å². The van der Waals surface area contributed by atoms with Gasteiger partial charge < -0.3 is 15.2 Å². The average Bonchev–Trinajstić information content (AvgIpc) is 2.59. The second kappa shape index (κ2) is 3.13. The van der Waals surface area contributed by atoms with Crippen LogP contribution < -0.4 is 0 Å². The van der Waals surface area contributed by atoms with Crippen LogP contribution in [0.25, 0.3) is 10.9 Å². The molecule has 76 valence electrons. The van der Waals surface area contributed by atoms with Gasteiger partial charge in [-0.2, -0.15) is 0 Å². The zero-order valence-corrected chi connectivity index (χ0v) is 7.52. The van der Waals surface area contributed by atoms with Gasteiger partial charge >= 0.3 is 5.97 Å². The van der Waals surface area contributed by atoms with E-state index in [1.165, 1.54) is 24.4 Å². The van der Waals surface area contributed by atoms with E-state index in [4.69, 9.17) is 10.2 Å². The number of aromatic nitrogens is 1. The molecule has 0 bridgehead atoms. The highest BCUT2D eigenvalue weighted by Gasteiger charge is 2.18. The lowest BCUT2D eigenvalue weighted by Crippen LogP contribution is -2.11. The summed E-state index contributed by atoms with van der Waals surface area (Å²) < 4.78 is 0. The number of Topliss-reactive ketones (excluding diaryl/α,β-unsaturated/α-hetero) is 1. The van der Waals surface area contributed by atoms with Gasteiger partial charge in [-0.25, -0.2) is 4.79 Å². The van der Waals surface area contributed by atoms with E-state index in [0.717, 1.165) is 0 Å². The van der Waals surface area contributed by atoms with Crippen LogP contribution in [0, 0.1) is 0 Å². The third-order valence-electron chi connectivity index (χ3n) is 2.10. The SMILES string of the molecule is O=C(O)C(=O)c1c[nH]c2cc(O)ccc12. The van der Waals surface area contributed by atoms with Gasteiger partial charge in [0, 0.05) is 23.2 Å². The lowest BCUT2D eigenvalue weighted by atomic mass is 10.1. The number of aromatic hydroxyl groups is 1. The summed E-state index contributed by atoms with van der Waals surface area (Å²) in [6, 6.07) is 4.32. The van der Waals surface area contributed by atoms with Crippen molar-refractivity contribution in [2.24, 2.45) is 0 Å². The minimum atomic E-state index is -1.50. The summed E-state index contributed by atoms with van der Waals surface area (Å²) in [4.78, 5) is 24.4. The predicted octanol–water partition coefficient (Wildman–Crippen LogP) is 1.14. The highest BCUT2D eigenvalue weighted by Crippen LogP contribution is 2.22. The molecule has 0 saturated carbocycles. The molecule has 0 radical (unpaired) electrons. The Morgan fingerprint density at radius 3 is 2.67 bits per heavy atom. The van der Waals surface area contributed by atoms with Gasteiger partial charge in [0.05, 0.1) is 5.56 Å². The quantitative estimate of drug-likeness (QED) is 0.506. The van der Waals surface area contributed by atoms with E-state index in [0.29, 0.717) is 10.9 Å². The highest BCUT2D eigenvalue weighted by atomic mass is 16.4. The summed E-state index contributed by atoms with van der Waals surface area (Å²) >= 11 is 0. The number of phenolic OH excluding ortho intramolecular Hbond substituents is 1. The molecular weight excluding hydrogens is 198 g/mol. The van der Waals surface area contributed by atoms with E-state index < -0.39 is 11.8 Å². The molecule has 0 aliphatic carbocycles. The van der Waals surface area contributed by atoms with E-state index in [-0.39, 0.29) is 11.3 Å². The fraction of sp³-hybridized carbons (Fsp3) is 0. The van der Waals surface area contributed by atoms with Crippen molar-refractivity contribution < 1.29 is 19.8 Å². The van der Waals surface area contributed by atoms with Gasteiger partial charge in [-0.15, -0.1) is 0 Å². The van der Waals surface area contributed by atoms with E-state index in [2.05, 4.69) is 4.98 Å². The fourth-order valence-electron chi connectivity index (χ4n) is 1.42. The summed E-state index contributed by atoms with van der Waals surface area (Å²) in [5.41, 5.74) is 0.622. The smallest absolute Gasteiger partial charge is 0.377 e. The maximum Gasteiger partial charge on any atom is 0.377 e. The van der Waals surface area contributed by atoms with Crippen molar-refractivity contribution in [3.8, 4) is 5.75 Å². The average molecular weight is 205 g/mol. The molecule has 1 aromatic carbocycles. The van der Waals surface area contributed by atoms with Gasteiger partial charge in [0.1, 0.15) is 5.75 Å². The van der Waals surface area contributed by atoms with E-state index >= 15 is 0 Å². The van der Waals surface area contributed by atoms with E-state index in [9.17, 15) is 9.59 Å². The Balaban J connectivity index is 2.64. The van der Waals surface area contributed by atoms with Crippen LogP contribution in [0.15, 0.2) is 24.4 Å². The molecule has 2 rings (SSSR count). The Hall–Kier alpha value is -2.30. The Morgan fingerprint density at radius 1 is 1.27 bits per heavy atom. The first-order valence-corrected chi connectivity index (χ1v) is 4.17. The molecule has 0 amide bonds. The van der Waals surface area contributed by atoms with E-state index in [1.54, 1.807) is 0 Å². The lowest BCUT2D eigenvalue weighted by molar-refractivity contribution is -0.131. The number of carbonyl (C=O) groups excluding carboxylic acids is 1. The molecule has 0 atom stereocenters. The van der Waals surface area contributed by atoms with Gasteiger partial charge in [-0.05, 0) is 12.1 Å². The number of benzene rings is 1. The monoisotopic (exact) mass is 205 g/mol. The molecule has 0 spiro atoms. The number of rotatable bonds is 2. The van der Waals surface area contributed by atoms with Crippen molar-refractivity contribution in [1.29, 1.82) is 0 Å². The molecule has 3 N–H and O–H groups in total. The maximum atomic E-state index is 11.2. The van der Waals surface area contributed by atoms with Crippen LogP contribution in [0.3, 0.4) is 0 Å².